The molecular formula is C31H39NO13. The van der Waals surface area contributed by atoms with Crippen molar-refractivity contribution in [3.05, 3.63) is 23.0 Å². The minimum atomic E-state index is -1.82. The van der Waals surface area contributed by atoms with Gasteiger partial charge in [-0.1, -0.05) is 12.5 Å². The Balaban J connectivity index is 1.58. The normalized spacial score (nSPS) is 38.6. The monoisotopic (exact) mass is 633 g/mol. The maximum atomic E-state index is 13.7. The third kappa shape index (κ3) is 4.88. The SMILES string of the molecule is COC(=O)[C@@]12C[C@H](O)C3[C@@]4(C)CC(=O)C(OC(=O)[C@@H](N)CCC(=O)O)=C(C)C4C[C@H]4OC(=O)[C@H](OC(=O)C=C(C)C)[C@@H]1[C@@]34CO2. The van der Waals surface area contributed by atoms with Crippen molar-refractivity contribution in [2.24, 2.45) is 34.3 Å². The zero-order valence-electron chi connectivity index (χ0n) is 25.8. The number of carbonyl (C=O) groups excluding carboxylic acids is 5. The van der Waals surface area contributed by atoms with E-state index in [1.54, 1.807) is 20.8 Å². The summed E-state index contributed by atoms with van der Waals surface area (Å²) in [5, 5.41) is 20.8. The van der Waals surface area contributed by atoms with Gasteiger partial charge in [-0.3, -0.25) is 9.59 Å². The Hall–Kier alpha value is -3.62. The second-order valence-corrected chi connectivity index (χ2v) is 13.4. The number of hydrogen-bond donors (Lipinski definition) is 3. The Morgan fingerprint density at radius 3 is 2.49 bits per heavy atom. The molecule has 45 heavy (non-hydrogen) atoms. The lowest BCUT2D eigenvalue weighted by Gasteiger charge is -2.66. The molecule has 2 heterocycles. The van der Waals surface area contributed by atoms with Gasteiger partial charge in [-0.2, -0.15) is 0 Å². The molecule has 0 aromatic carbocycles. The second kappa shape index (κ2) is 11.3. The summed E-state index contributed by atoms with van der Waals surface area (Å²) in [5.41, 5.74) is 2.78. The number of rotatable bonds is 8. The summed E-state index contributed by atoms with van der Waals surface area (Å²) < 4.78 is 28.4. The number of fused-ring (bicyclic) bond motifs is 2. The van der Waals surface area contributed by atoms with Crippen LogP contribution in [0.4, 0.5) is 0 Å². The molecule has 4 N–H and O–H groups in total. The van der Waals surface area contributed by atoms with Crippen LogP contribution >= 0.6 is 0 Å². The van der Waals surface area contributed by atoms with Gasteiger partial charge in [-0.05, 0) is 50.5 Å². The molecule has 0 aromatic heterocycles. The number of aliphatic hydroxyl groups is 1. The van der Waals surface area contributed by atoms with Gasteiger partial charge in [0.2, 0.25) is 6.10 Å². The molecule has 2 saturated carbocycles. The fraction of sp³-hybridized carbons (Fsp3) is 0.677. The summed E-state index contributed by atoms with van der Waals surface area (Å²) in [7, 11) is 1.16. The third-order valence-corrected chi connectivity index (χ3v) is 10.5. The number of allylic oxidation sites excluding steroid dienone is 3. The first-order valence-corrected chi connectivity index (χ1v) is 14.9. The highest BCUT2D eigenvalue weighted by Gasteiger charge is 2.82. The van der Waals surface area contributed by atoms with Crippen LogP contribution in [0.1, 0.15) is 59.8 Å². The minimum absolute atomic E-state index is 0.127. The predicted octanol–water partition coefficient (Wildman–Crippen LogP) is 0.724. The lowest BCUT2D eigenvalue weighted by molar-refractivity contribution is -0.269. The molecule has 246 valence electrons. The highest BCUT2D eigenvalue weighted by molar-refractivity contribution is 5.98. The molecule has 5 aliphatic rings. The Morgan fingerprint density at radius 2 is 1.87 bits per heavy atom. The van der Waals surface area contributed by atoms with Gasteiger partial charge in [0.1, 0.15) is 12.1 Å². The molecule has 2 saturated heterocycles. The van der Waals surface area contributed by atoms with E-state index >= 15 is 0 Å². The lowest BCUT2D eigenvalue weighted by atomic mass is 9.38. The molecule has 2 unspecified atom stereocenters. The lowest BCUT2D eigenvalue weighted by Crippen LogP contribution is -2.75. The fourth-order valence-electron chi connectivity index (χ4n) is 8.99. The van der Waals surface area contributed by atoms with E-state index < -0.39 is 94.2 Å². The standard InChI is InChI=1S/C31H39NO13/c1-13(2)8-21(37)44-23-25-30-12-42-31(25,28(40)41-5)11-18(34)24(30)29(4)10-17(33)22(45-26(38)16(32)6-7-20(35)36)14(3)15(29)9-19(30)43-27(23)39/h8,15-16,18-19,23-25,34H,6-7,9-12,32H2,1-5H3,(H,35,36)/t15?,16-,18-,19+,23+,24?,25+,29-,30+,31+/m0/s1. The number of esters is 4. The van der Waals surface area contributed by atoms with Gasteiger partial charge in [-0.25, -0.2) is 19.2 Å². The van der Waals surface area contributed by atoms with Gasteiger partial charge >= 0.3 is 29.8 Å². The fourth-order valence-corrected chi connectivity index (χ4v) is 8.99. The maximum Gasteiger partial charge on any atom is 0.348 e. The van der Waals surface area contributed by atoms with Crippen molar-refractivity contribution in [1.29, 1.82) is 0 Å². The van der Waals surface area contributed by atoms with Crippen LogP contribution in [0.3, 0.4) is 0 Å². The van der Waals surface area contributed by atoms with E-state index in [9.17, 15) is 33.9 Å². The summed E-state index contributed by atoms with van der Waals surface area (Å²) >= 11 is 0. The van der Waals surface area contributed by atoms with Crippen molar-refractivity contribution in [2.45, 2.75) is 89.8 Å². The average Bonchev–Trinajstić information content (AvgIpc) is 3.20. The summed E-state index contributed by atoms with van der Waals surface area (Å²) in [6.45, 7) is 6.67. The van der Waals surface area contributed by atoms with E-state index in [0.29, 0.717) is 11.1 Å². The number of hydrogen-bond acceptors (Lipinski definition) is 13. The average molecular weight is 634 g/mol. The number of ketones is 1. The zero-order chi connectivity index (χ0) is 33.2. The number of aliphatic carboxylic acids is 1. The van der Waals surface area contributed by atoms with E-state index in [-0.39, 0.29) is 44.5 Å². The molecule has 0 amide bonds. The molecular weight excluding hydrogens is 594 g/mol. The van der Waals surface area contributed by atoms with E-state index in [4.69, 9.17) is 34.5 Å². The summed E-state index contributed by atoms with van der Waals surface area (Å²) in [4.78, 5) is 77.2. The number of nitrogens with two attached hydrogens (primary N) is 1. The van der Waals surface area contributed by atoms with E-state index in [1.807, 2.05) is 6.92 Å². The Bertz CT molecular complexity index is 1410. The third-order valence-electron chi connectivity index (χ3n) is 10.5. The second-order valence-electron chi connectivity index (χ2n) is 13.4. The van der Waals surface area contributed by atoms with E-state index in [1.165, 1.54) is 6.08 Å². The molecule has 1 spiro atoms. The first-order chi connectivity index (χ1) is 21.0. The maximum absolute atomic E-state index is 13.7. The highest BCUT2D eigenvalue weighted by Crippen LogP contribution is 2.72. The number of Topliss-reactive ketones (excluding diaryl/α,β-unsaturated/α-hetero) is 1. The van der Waals surface area contributed by atoms with Crippen LogP contribution in [0.15, 0.2) is 23.0 Å². The van der Waals surface area contributed by atoms with Crippen molar-refractivity contribution in [3.8, 4) is 0 Å². The van der Waals surface area contributed by atoms with Crippen molar-refractivity contribution >= 4 is 35.6 Å². The quantitative estimate of drug-likeness (QED) is 0.191. The van der Waals surface area contributed by atoms with Gasteiger partial charge in [0.05, 0.1) is 25.7 Å². The number of ether oxygens (including phenoxy) is 5. The topological polar surface area (TPSA) is 215 Å². The zero-order valence-corrected chi connectivity index (χ0v) is 25.8. The molecule has 2 aliphatic heterocycles. The van der Waals surface area contributed by atoms with Crippen molar-refractivity contribution in [3.63, 3.8) is 0 Å². The molecule has 5 rings (SSSR count). The number of carboxylic acids is 1. The summed E-state index contributed by atoms with van der Waals surface area (Å²) in [5.74, 6) is -7.75. The van der Waals surface area contributed by atoms with E-state index in [0.717, 1.165) is 7.11 Å². The minimum Gasteiger partial charge on any atom is -0.481 e. The Labute approximate surface area is 259 Å². The molecule has 3 aliphatic carbocycles. The van der Waals surface area contributed by atoms with Gasteiger partial charge in [-0.15, -0.1) is 0 Å². The van der Waals surface area contributed by atoms with Crippen molar-refractivity contribution in [1.82, 2.24) is 0 Å². The van der Waals surface area contributed by atoms with Crippen LogP contribution < -0.4 is 5.73 Å². The highest BCUT2D eigenvalue weighted by atomic mass is 16.6. The van der Waals surface area contributed by atoms with Gasteiger partial charge in [0, 0.05) is 36.7 Å². The molecule has 2 bridgehead atoms. The summed E-state index contributed by atoms with van der Waals surface area (Å²) in [6.07, 6.45) is -3.38. The van der Waals surface area contributed by atoms with Crippen molar-refractivity contribution in [2.75, 3.05) is 13.7 Å². The van der Waals surface area contributed by atoms with Crippen LogP contribution in [0, 0.1) is 28.6 Å². The van der Waals surface area contributed by atoms with E-state index in [2.05, 4.69) is 0 Å². The van der Waals surface area contributed by atoms with Gasteiger partial charge in [0.15, 0.2) is 17.1 Å². The Morgan fingerprint density at radius 1 is 1.18 bits per heavy atom. The van der Waals surface area contributed by atoms with Gasteiger partial charge in [0.25, 0.3) is 0 Å². The van der Waals surface area contributed by atoms with Crippen LogP contribution in [0.5, 0.6) is 0 Å². The first-order valence-electron chi connectivity index (χ1n) is 14.9. The number of aliphatic hydroxyl groups excluding tert-OH is 1. The van der Waals surface area contributed by atoms with Gasteiger partial charge < -0.3 is 39.6 Å². The largest absolute Gasteiger partial charge is 0.481 e. The molecule has 0 aromatic rings. The smallest absolute Gasteiger partial charge is 0.348 e. The number of carbonyl (C=O) groups is 6. The van der Waals surface area contributed by atoms with Crippen LogP contribution in [-0.2, 0) is 52.5 Å². The molecule has 14 heteroatoms. The summed E-state index contributed by atoms with van der Waals surface area (Å²) in [6, 6.07) is -1.27. The van der Waals surface area contributed by atoms with Crippen LogP contribution in [0.25, 0.3) is 0 Å². The first kappa shape index (κ1) is 32.8. The number of methoxy groups -OCH3 is 1. The predicted molar refractivity (Wildman–Crippen MR) is 149 cm³/mol. The molecule has 14 nitrogen and oxygen atoms in total. The number of carboxylic acid groups (broad SMARTS) is 1. The molecule has 0 radical (unpaired) electrons. The Kier molecular flexibility index (Phi) is 8.24. The molecule has 10 atom stereocenters. The molecule has 4 fully saturated rings. The van der Waals surface area contributed by atoms with Crippen LogP contribution in [-0.4, -0.2) is 89.5 Å². The van der Waals surface area contributed by atoms with Crippen LogP contribution in [0.2, 0.25) is 0 Å². The van der Waals surface area contributed by atoms with Crippen molar-refractivity contribution < 1.29 is 62.7 Å².